The molecule has 2 heterocycles. The van der Waals surface area contributed by atoms with Gasteiger partial charge in [0.15, 0.2) is 0 Å². The second-order valence-corrected chi connectivity index (χ2v) is 6.80. The fraction of sp³-hybridized carbons (Fsp3) is 0.400. The van der Waals surface area contributed by atoms with Crippen LogP contribution in [0.4, 0.5) is 5.69 Å². The maximum Gasteiger partial charge on any atom is 0.340 e. The molecule has 5 nitrogen and oxygen atoms in total. The van der Waals surface area contributed by atoms with Gasteiger partial charge in [0.1, 0.15) is 11.6 Å². The standard InChI is InChI=1S/C15H19N3O2S/c1-9-11(5-10(16)6-17-9)14(19)20-7-13-18-12(8-21-13)15(2,3)4/h5-6,8H,7,16H2,1-4H3. The minimum absolute atomic E-state index is 0.00680. The highest BCUT2D eigenvalue weighted by atomic mass is 32.1. The van der Waals surface area contributed by atoms with E-state index in [2.05, 4.69) is 30.7 Å². The number of hydrogen-bond acceptors (Lipinski definition) is 6. The summed E-state index contributed by atoms with van der Waals surface area (Å²) in [5.74, 6) is -0.431. The molecule has 0 aromatic carbocycles. The summed E-state index contributed by atoms with van der Waals surface area (Å²) < 4.78 is 5.29. The molecule has 0 radical (unpaired) electrons. The van der Waals surface area contributed by atoms with E-state index in [9.17, 15) is 4.79 Å². The van der Waals surface area contributed by atoms with Gasteiger partial charge in [0.05, 0.1) is 28.8 Å². The molecule has 0 aliphatic carbocycles. The predicted molar refractivity (Wildman–Crippen MR) is 83.3 cm³/mol. The molecular weight excluding hydrogens is 286 g/mol. The molecule has 2 rings (SSSR count). The number of carbonyl (C=O) groups excluding carboxylic acids is 1. The van der Waals surface area contributed by atoms with E-state index in [0.717, 1.165) is 10.7 Å². The summed E-state index contributed by atoms with van der Waals surface area (Å²) in [7, 11) is 0. The van der Waals surface area contributed by atoms with Crippen molar-refractivity contribution in [3.8, 4) is 0 Å². The van der Waals surface area contributed by atoms with Crippen LogP contribution in [0, 0.1) is 6.92 Å². The van der Waals surface area contributed by atoms with E-state index in [-0.39, 0.29) is 12.0 Å². The van der Waals surface area contributed by atoms with Crippen molar-refractivity contribution in [3.05, 3.63) is 39.6 Å². The molecule has 21 heavy (non-hydrogen) atoms. The van der Waals surface area contributed by atoms with Crippen molar-refractivity contribution in [2.45, 2.75) is 39.7 Å². The third-order valence-electron chi connectivity index (χ3n) is 2.97. The highest BCUT2D eigenvalue weighted by Crippen LogP contribution is 2.24. The summed E-state index contributed by atoms with van der Waals surface area (Å²) in [5.41, 5.74) is 8.07. The monoisotopic (exact) mass is 305 g/mol. The number of carbonyl (C=O) groups is 1. The number of nitrogen functional groups attached to an aromatic ring is 1. The van der Waals surface area contributed by atoms with Gasteiger partial charge in [-0.15, -0.1) is 11.3 Å². The second-order valence-electron chi connectivity index (χ2n) is 5.85. The van der Waals surface area contributed by atoms with Crippen molar-refractivity contribution in [3.63, 3.8) is 0 Å². The molecule has 0 atom stereocenters. The quantitative estimate of drug-likeness (QED) is 0.882. The van der Waals surface area contributed by atoms with Gasteiger partial charge in [0.2, 0.25) is 0 Å². The molecule has 6 heteroatoms. The van der Waals surface area contributed by atoms with Gasteiger partial charge in [0.25, 0.3) is 0 Å². The number of rotatable bonds is 3. The van der Waals surface area contributed by atoms with E-state index >= 15 is 0 Å². The van der Waals surface area contributed by atoms with E-state index in [4.69, 9.17) is 10.5 Å². The van der Waals surface area contributed by atoms with Gasteiger partial charge in [-0.2, -0.15) is 0 Å². The highest BCUT2D eigenvalue weighted by Gasteiger charge is 2.18. The number of hydrogen-bond donors (Lipinski definition) is 1. The van der Waals surface area contributed by atoms with Crippen LogP contribution in [-0.2, 0) is 16.8 Å². The third kappa shape index (κ3) is 3.78. The Morgan fingerprint density at radius 2 is 2.14 bits per heavy atom. The molecule has 2 N–H and O–H groups in total. The van der Waals surface area contributed by atoms with Crippen LogP contribution < -0.4 is 5.73 Å². The molecule has 2 aromatic heterocycles. The zero-order chi connectivity index (χ0) is 15.6. The van der Waals surface area contributed by atoms with E-state index in [1.165, 1.54) is 17.5 Å². The number of thiazole rings is 1. The van der Waals surface area contributed by atoms with Gasteiger partial charge >= 0.3 is 5.97 Å². The predicted octanol–water partition coefficient (Wildman–Crippen LogP) is 3.08. The summed E-state index contributed by atoms with van der Waals surface area (Å²) in [5, 5.41) is 2.78. The number of nitrogens with two attached hydrogens (primary N) is 1. The van der Waals surface area contributed by atoms with Gasteiger partial charge < -0.3 is 10.5 Å². The van der Waals surface area contributed by atoms with Crippen molar-refractivity contribution < 1.29 is 9.53 Å². The number of aryl methyl sites for hydroxylation is 1. The fourth-order valence-electron chi connectivity index (χ4n) is 1.68. The lowest BCUT2D eigenvalue weighted by Crippen LogP contribution is -2.12. The molecule has 0 bridgehead atoms. The Bertz CT molecular complexity index is 659. The number of esters is 1. The molecule has 0 unspecified atom stereocenters. The van der Waals surface area contributed by atoms with Crippen LogP contribution >= 0.6 is 11.3 Å². The third-order valence-corrected chi connectivity index (χ3v) is 3.80. The van der Waals surface area contributed by atoms with Gasteiger partial charge in [-0.3, -0.25) is 4.98 Å². The van der Waals surface area contributed by atoms with Crippen molar-refractivity contribution in [2.24, 2.45) is 0 Å². The Kier molecular flexibility index (Phi) is 4.27. The van der Waals surface area contributed by atoms with Crippen LogP contribution in [0.15, 0.2) is 17.6 Å². The molecule has 112 valence electrons. The molecule has 0 aliphatic heterocycles. The van der Waals surface area contributed by atoms with Crippen LogP contribution in [0.3, 0.4) is 0 Å². The normalized spacial score (nSPS) is 11.4. The van der Waals surface area contributed by atoms with E-state index in [1.54, 1.807) is 13.0 Å². The zero-order valence-electron chi connectivity index (χ0n) is 12.6. The molecule has 0 fully saturated rings. The Morgan fingerprint density at radius 3 is 2.76 bits per heavy atom. The Morgan fingerprint density at radius 1 is 1.43 bits per heavy atom. The molecule has 0 saturated heterocycles. The molecular formula is C15H19N3O2S. The van der Waals surface area contributed by atoms with Crippen molar-refractivity contribution in [1.29, 1.82) is 0 Å². The lowest BCUT2D eigenvalue weighted by molar-refractivity contribution is 0.0471. The minimum Gasteiger partial charge on any atom is -0.455 e. The summed E-state index contributed by atoms with van der Waals surface area (Å²) >= 11 is 1.49. The van der Waals surface area contributed by atoms with Crippen molar-refractivity contribution >= 4 is 23.0 Å². The van der Waals surface area contributed by atoms with Gasteiger partial charge in [-0.05, 0) is 13.0 Å². The molecule has 2 aromatic rings. The molecule has 0 amide bonds. The van der Waals surface area contributed by atoms with Gasteiger partial charge in [0, 0.05) is 10.8 Å². The van der Waals surface area contributed by atoms with Crippen LogP contribution in [0.5, 0.6) is 0 Å². The summed E-state index contributed by atoms with van der Waals surface area (Å²) in [6.07, 6.45) is 1.52. The molecule has 0 aliphatic rings. The summed E-state index contributed by atoms with van der Waals surface area (Å²) in [6, 6.07) is 1.58. The largest absolute Gasteiger partial charge is 0.455 e. The van der Waals surface area contributed by atoms with Gasteiger partial charge in [-0.1, -0.05) is 20.8 Å². The maximum absolute atomic E-state index is 12.1. The van der Waals surface area contributed by atoms with Gasteiger partial charge in [-0.25, -0.2) is 9.78 Å². The van der Waals surface area contributed by atoms with Crippen LogP contribution in [0.2, 0.25) is 0 Å². The van der Waals surface area contributed by atoms with E-state index < -0.39 is 5.97 Å². The Hall–Kier alpha value is -1.95. The number of nitrogens with zero attached hydrogens (tertiary/aromatic N) is 2. The number of pyridine rings is 1. The van der Waals surface area contributed by atoms with Crippen molar-refractivity contribution in [1.82, 2.24) is 9.97 Å². The molecule has 0 spiro atoms. The minimum atomic E-state index is -0.431. The van der Waals surface area contributed by atoms with E-state index in [1.807, 2.05) is 5.38 Å². The van der Waals surface area contributed by atoms with E-state index in [0.29, 0.717) is 16.9 Å². The summed E-state index contributed by atoms with van der Waals surface area (Å²) in [6.45, 7) is 8.20. The first-order chi connectivity index (χ1) is 9.77. The highest BCUT2D eigenvalue weighted by molar-refractivity contribution is 7.09. The maximum atomic E-state index is 12.1. The molecule has 0 saturated carbocycles. The second kappa shape index (κ2) is 5.81. The number of ether oxygens (including phenoxy) is 1. The average Bonchev–Trinajstić information content (AvgIpc) is 2.87. The first-order valence-corrected chi connectivity index (χ1v) is 7.49. The smallest absolute Gasteiger partial charge is 0.340 e. The first kappa shape index (κ1) is 15.4. The van der Waals surface area contributed by atoms with Crippen LogP contribution in [0.25, 0.3) is 0 Å². The van der Waals surface area contributed by atoms with Crippen LogP contribution in [0.1, 0.15) is 47.5 Å². The summed E-state index contributed by atoms with van der Waals surface area (Å²) in [4.78, 5) is 20.6. The Labute approximate surface area is 128 Å². The number of aromatic nitrogens is 2. The zero-order valence-corrected chi connectivity index (χ0v) is 13.5. The SMILES string of the molecule is Cc1ncc(N)cc1C(=O)OCc1nc(C(C)(C)C)cs1. The average molecular weight is 305 g/mol. The van der Waals surface area contributed by atoms with Crippen LogP contribution in [-0.4, -0.2) is 15.9 Å². The topological polar surface area (TPSA) is 78.1 Å². The van der Waals surface area contributed by atoms with Crippen molar-refractivity contribution in [2.75, 3.05) is 5.73 Å². The first-order valence-electron chi connectivity index (χ1n) is 6.61. The lowest BCUT2D eigenvalue weighted by atomic mass is 9.93. The lowest BCUT2D eigenvalue weighted by Gasteiger charge is -2.14. The Balaban J connectivity index is 2.04. The fourth-order valence-corrected chi connectivity index (χ4v) is 2.61. The number of anilines is 1.